The summed E-state index contributed by atoms with van der Waals surface area (Å²) < 4.78 is 7.21. The smallest absolute Gasteiger partial charge is 0.0817 e. The average molecular weight is 197 g/mol. The summed E-state index contributed by atoms with van der Waals surface area (Å²) in [6.45, 7) is 6.44. The van der Waals surface area contributed by atoms with Crippen LogP contribution in [0.5, 0.6) is 0 Å². The number of aromatic nitrogens is 2. The fraction of sp³-hybridized carbons (Fsp3) is 0.700. The molecule has 0 saturated carbocycles. The number of hydrogen-bond acceptors (Lipinski definition) is 3. The highest BCUT2D eigenvalue weighted by molar-refractivity contribution is 5.05. The molecule has 0 saturated heterocycles. The van der Waals surface area contributed by atoms with E-state index >= 15 is 0 Å². The second-order valence-electron chi connectivity index (χ2n) is 3.18. The van der Waals surface area contributed by atoms with Crippen molar-refractivity contribution < 1.29 is 4.74 Å². The maximum absolute atomic E-state index is 5.40. The molecule has 14 heavy (non-hydrogen) atoms. The Morgan fingerprint density at radius 2 is 2.36 bits per heavy atom. The van der Waals surface area contributed by atoms with Crippen molar-refractivity contribution in [3.63, 3.8) is 0 Å². The van der Waals surface area contributed by atoms with Crippen molar-refractivity contribution in [2.45, 2.75) is 19.9 Å². The standard InChI is InChI=1S/C10H19N3O/c1-4-11-10(8-14-5-2)9-6-7-13(3)12-9/h6-7,10-11H,4-5,8H2,1-3H3. The molecule has 4 nitrogen and oxygen atoms in total. The molecule has 0 aromatic carbocycles. The van der Waals surface area contributed by atoms with Crippen molar-refractivity contribution >= 4 is 0 Å². The van der Waals surface area contributed by atoms with Crippen molar-refractivity contribution in [2.75, 3.05) is 19.8 Å². The summed E-state index contributed by atoms with van der Waals surface area (Å²) >= 11 is 0. The van der Waals surface area contributed by atoms with Crippen LogP contribution < -0.4 is 5.32 Å². The zero-order valence-electron chi connectivity index (χ0n) is 9.16. The van der Waals surface area contributed by atoms with E-state index in [1.165, 1.54) is 0 Å². The van der Waals surface area contributed by atoms with Crippen LogP contribution in [0.25, 0.3) is 0 Å². The summed E-state index contributed by atoms with van der Waals surface area (Å²) in [6.07, 6.45) is 1.95. The molecule has 4 heteroatoms. The fourth-order valence-corrected chi connectivity index (χ4v) is 1.35. The molecule has 1 rings (SSSR count). The fourth-order valence-electron chi connectivity index (χ4n) is 1.35. The van der Waals surface area contributed by atoms with Crippen LogP contribution >= 0.6 is 0 Å². The summed E-state index contributed by atoms with van der Waals surface area (Å²) in [6, 6.07) is 2.23. The van der Waals surface area contributed by atoms with Gasteiger partial charge in [-0.3, -0.25) is 4.68 Å². The van der Waals surface area contributed by atoms with Crippen LogP contribution in [0, 0.1) is 0 Å². The van der Waals surface area contributed by atoms with Crippen molar-refractivity contribution in [3.05, 3.63) is 18.0 Å². The maximum atomic E-state index is 5.40. The van der Waals surface area contributed by atoms with Gasteiger partial charge in [0.2, 0.25) is 0 Å². The zero-order valence-corrected chi connectivity index (χ0v) is 9.16. The summed E-state index contributed by atoms with van der Waals surface area (Å²) in [5.41, 5.74) is 1.04. The second kappa shape index (κ2) is 5.78. The molecular formula is C10H19N3O. The first-order valence-corrected chi connectivity index (χ1v) is 5.08. The molecule has 1 aromatic heterocycles. The second-order valence-corrected chi connectivity index (χ2v) is 3.18. The average Bonchev–Trinajstić information content (AvgIpc) is 2.59. The first kappa shape index (κ1) is 11.2. The lowest BCUT2D eigenvalue weighted by molar-refractivity contribution is 0.122. The van der Waals surface area contributed by atoms with Crippen molar-refractivity contribution in [2.24, 2.45) is 7.05 Å². The van der Waals surface area contributed by atoms with Gasteiger partial charge in [-0.05, 0) is 19.5 Å². The third-order valence-electron chi connectivity index (χ3n) is 2.03. The Labute approximate surface area is 85.3 Å². The van der Waals surface area contributed by atoms with Crippen molar-refractivity contribution in [3.8, 4) is 0 Å². The highest BCUT2D eigenvalue weighted by atomic mass is 16.5. The van der Waals surface area contributed by atoms with E-state index in [1.54, 1.807) is 0 Å². The van der Waals surface area contributed by atoms with Gasteiger partial charge in [-0.15, -0.1) is 0 Å². The molecule has 1 aromatic rings. The van der Waals surface area contributed by atoms with Crippen LogP contribution in [0.1, 0.15) is 25.6 Å². The third kappa shape index (κ3) is 3.12. The summed E-state index contributed by atoms with van der Waals surface area (Å²) in [5.74, 6) is 0. The van der Waals surface area contributed by atoms with Crippen LogP contribution in [0.2, 0.25) is 0 Å². The Kier molecular flexibility index (Phi) is 4.62. The van der Waals surface area contributed by atoms with Crippen LogP contribution in [0.15, 0.2) is 12.3 Å². The van der Waals surface area contributed by atoms with Crippen LogP contribution in [0.3, 0.4) is 0 Å². The number of ether oxygens (including phenoxy) is 1. The lowest BCUT2D eigenvalue weighted by Crippen LogP contribution is -2.26. The van der Waals surface area contributed by atoms with Crippen LogP contribution in [-0.2, 0) is 11.8 Å². The van der Waals surface area contributed by atoms with Crippen molar-refractivity contribution in [1.82, 2.24) is 15.1 Å². The van der Waals surface area contributed by atoms with Gasteiger partial charge in [0.15, 0.2) is 0 Å². The van der Waals surface area contributed by atoms with E-state index < -0.39 is 0 Å². The van der Waals surface area contributed by atoms with Gasteiger partial charge < -0.3 is 10.1 Å². The Morgan fingerprint density at radius 1 is 1.57 bits per heavy atom. The minimum Gasteiger partial charge on any atom is -0.380 e. The minimum absolute atomic E-state index is 0.209. The first-order chi connectivity index (χ1) is 6.77. The Balaban J connectivity index is 2.57. The maximum Gasteiger partial charge on any atom is 0.0817 e. The zero-order chi connectivity index (χ0) is 10.4. The molecule has 0 amide bonds. The number of nitrogens with zero attached hydrogens (tertiary/aromatic N) is 2. The molecule has 0 radical (unpaired) electrons. The summed E-state index contributed by atoms with van der Waals surface area (Å²) in [5, 5.41) is 7.70. The van der Waals surface area contributed by atoms with Gasteiger partial charge in [0.25, 0.3) is 0 Å². The lowest BCUT2D eigenvalue weighted by atomic mass is 10.2. The van der Waals surface area contributed by atoms with Crippen LogP contribution in [0.4, 0.5) is 0 Å². The van der Waals surface area contributed by atoms with Gasteiger partial charge in [0.1, 0.15) is 0 Å². The molecule has 1 atom stereocenters. The minimum atomic E-state index is 0.209. The number of hydrogen-bond donors (Lipinski definition) is 1. The van der Waals surface area contributed by atoms with Crippen molar-refractivity contribution in [1.29, 1.82) is 0 Å². The van der Waals surface area contributed by atoms with E-state index in [9.17, 15) is 0 Å². The molecule has 1 N–H and O–H groups in total. The van der Waals surface area contributed by atoms with Gasteiger partial charge in [-0.25, -0.2) is 0 Å². The molecule has 0 spiro atoms. The number of rotatable bonds is 6. The van der Waals surface area contributed by atoms with E-state index in [2.05, 4.69) is 17.3 Å². The number of aryl methyl sites for hydroxylation is 1. The Bertz CT molecular complexity index is 260. The molecule has 0 aliphatic rings. The SMILES string of the molecule is CCNC(COCC)c1ccn(C)n1. The molecule has 1 unspecified atom stereocenters. The Hall–Kier alpha value is -0.870. The predicted molar refractivity (Wildman–Crippen MR) is 56.1 cm³/mol. The lowest BCUT2D eigenvalue weighted by Gasteiger charge is -2.14. The van der Waals surface area contributed by atoms with Gasteiger partial charge in [0.05, 0.1) is 18.3 Å². The van der Waals surface area contributed by atoms with E-state index in [-0.39, 0.29) is 6.04 Å². The van der Waals surface area contributed by atoms with Gasteiger partial charge in [-0.1, -0.05) is 6.92 Å². The quantitative estimate of drug-likeness (QED) is 0.742. The third-order valence-corrected chi connectivity index (χ3v) is 2.03. The number of likely N-dealkylation sites (N-methyl/N-ethyl adjacent to an activating group) is 1. The molecule has 0 fully saturated rings. The van der Waals surface area contributed by atoms with Gasteiger partial charge in [0, 0.05) is 19.9 Å². The van der Waals surface area contributed by atoms with Crippen LogP contribution in [-0.4, -0.2) is 29.5 Å². The van der Waals surface area contributed by atoms with Gasteiger partial charge in [-0.2, -0.15) is 5.10 Å². The molecule has 0 aliphatic heterocycles. The van der Waals surface area contributed by atoms with E-state index in [0.717, 1.165) is 18.8 Å². The molecule has 80 valence electrons. The summed E-state index contributed by atoms with van der Waals surface area (Å²) in [4.78, 5) is 0. The molecule has 1 heterocycles. The van der Waals surface area contributed by atoms with Gasteiger partial charge >= 0.3 is 0 Å². The van der Waals surface area contributed by atoms with E-state index in [4.69, 9.17) is 4.74 Å². The molecule has 0 bridgehead atoms. The predicted octanol–water partition coefficient (Wildman–Crippen LogP) is 1.11. The highest BCUT2D eigenvalue weighted by Gasteiger charge is 2.12. The molecular weight excluding hydrogens is 178 g/mol. The number of nitrogens with one attached hydrogen (secondary N) is 1. The summed E-state index contributed by atoms with van der Waals surface area (Å²) in [7, 11) is 1.92. The molecule has 0 aliphatic carbocycles. The van der Waals surface area contributed by atoms with E-state index in [1.807, 2.05) is 30.9 Å². The topological polar surface area (TPSA) is 39.1 Å². The van der Waals surface area contributed by atoms with E-state index in [0.29, 0.717) is 6.61 Å². The Morgan fingerprint density at radius 3 is 2.86 bits per heavy atom. The highest BCUT2D eigenvalue weighted by Crippen LogP contribution is 2.09. The normalized spacial score (nSPS) is 13.1. The monoisotopic (exact) mass is 197 g/mol. The largest absolute Gasteiger partial charge is 0.380 e. The first-order valence-electron chi connectivity index (χ1n) is 5.08.